The maximum Gasteiger partial charge on any atom is 0.165 e. The van der Waals surface area contributed by atoms with E-state index in [1.54, 1.807) is 0 Å². The van der Waals surface area contributed by atoms with Gasteiger partial charge in [0.2, 0.25) is 0 Å². The quantitative estimate of drug-likeness (QED) is 0.729. The van der Waals surface area contributed by atoms with Crippen molar-refractivity contribution in [2.75, 3.05) is 18.6 Å². The molecule has 0 aliphatic carbocycles. The van der Waals surface area contributed by atoms with Gasteiger partial charge in [0.05, 0.1) is 11.3 Å². The minimum Gasteiger partial charge on any atom is -0.489 e. The summed E-state index contributed by atoms with van der Waals surface area (Å²) in [6, 6.07) is 3.91. The third-order valence-electron chi connectivity index (χ3n) is 1.82. The van der Waals surface area contributed by atoms with Gasteiger partial charge in [0.1, 0.15) is 6.61 Å². The van der Waals surface area contributed by atoms with Gasteiger partial charge in [-0.15, -0.1) is 0 Å². The molecule has 6 heteroatoms. The van der Waals surface area contributed by atoms with Crippen LogP contribution in [0.2, 0.25) is 0 Å². The highest BCUT2D eigenvalue weighted by molar-refractivity contribution is 7.90. The number of rotatable bonds is 5. The summed E-state index contributed by atoms with van der Waals surface area (Å²) in [7, 11) is -3.16. The smallest absolute Gasteiger partial charge is 0.165 e. The lowest BCUT2D eigenvalue weighted by molar-refractivity contribution is 0.111. The van der Waals surface area contributed by atoms with Crippen LogP contribution >= 0.6 is 0 Å². The van der Waals surface area contributed by atoms with Crippen molar-refractivity contribution in [2.45, 2.75) is 0 Å². The second-order valence-corrected chi connectivity index (χ2v) is 5.51. The summed E-state index contributed by atoms with van der Waals surface area (Å²) in [6.07, 6.45) is 1.51. The highest BCUT2D eigenvalue weighted by Crippen LogP contribution is 2.20. The van der Waals surface area contributed by atoms with Crippen molar-refractivity contribution >= 4 is 16.1 Å². The number of benzene rings is 1. The summed E-state index contributed by atoms with van der Waals surface area (Å²) in [4.78, 5) is 10.6. The van der Waals surface area contributed by atoms with Crippen molar-refractivity contribution in [3.63, 3.8) is 0 Å². The van der Waals surface area contributed by atoms with Crippen LogP contribution in [0.1, 0.15) is 10.4 Å². The first kappa shape index (κ1) is 12.6. The van der Waals surface area contributed by atoms with Crippen molar-refractivity contribution in [1.29, 1.82) is 0 Å². The molecule has 0 aromatic heterocycles. The molecule has 1 rings (SSSR count). The highest BCUT2D eigenvalue weighted by Gasteiger charge is 2.10. The Labute approximate surface area is 93.0 Å². The second kappa shape index (κ2) is 5.07. The Morgan fingerprint density at radius 2 is 2.12 bits per heavy atom. The van der Waals surface area contributed by atoms with E-state index in [9.17, 15) is 17.6 Å². The standard InChI is InChI=1S/C10H11FO4S/c1-16(13,14)6-5-15-10-8(7-12)3-2-4-9(10)11/h2-4,7H,5-6H2,1H3. The van der Waals surface area contributed by atoms with Crippen molar-refractivity contribution in [2.24, 2.45) is 0 Å². The number of sulfone groups is 1. The number of carbonyl (C=O) groups excluding carboxylic acids is 1. The Morgan fingerprint density at radius 3 is 2.69 bits per heavy atom. The molecule has 4 nitrogen and oxygen atoms in total. The summed E-state index contributed by atoms with van der Waals surface area (Å²) in [5, 5.41) is 0. The minimum atomic E-state index is -3.16. The summed E-state index contributed by atoms with van der Waals surface area (Å²) in [5.74, 6) is -1.11. The average Bonchev–Trinajstić information content (AvgIpc) is 2.18. The van der Waals surface area contributed by atoms with Gasteiger partial charge < -0.3 is 4.74 Å². The monoisotopic (exact) mass is 246 g/mol. The molecule has 0 N–H and O–H groups in total. The number of hydrogen-bond donors (Lipinski definition) is 0. The Bertz CT molecular complexity index is 482. The van der Waals surface area contributed by atoms with Gasteiger partial charge in [-0.3, -0.25) is 4.79 Å². The molecule has 0 saturated carbocycles. The van der Waals surface area contributed by atoms with Gasteiger partial charge in [0.15, 0.2) is 27.7 Å². The predicted molar refractivity (Wildman–Crippen MR) is 57.0 cm³/mol. The number of ether oxygens (including phenoxy) is 1. The van der Waals surface area contributed by atoms with Crippen LogP contribution in [0.5, 0.6) is 5.75 Å². The number of hydrogen-bond acceptors (Lipinski definition) is 4. The van der Waals surface area contributed by atoms with Crippen molar-refractivity contribution in [1.82, 2.24) is 0 Å². The fourth-order valence-electron chi connectivity index (χ4n) is 1.07. The summed E-state index contributed by atoms with van der Waals surface area (Å²) in [5.41, 5.74) is 0.0634. The maximum absolute atomic E-state index is 13.2. The van der Waals surface area contributed by atoms with Crippen LogP contribution in [0.4, 0.5) is 4.39 Å². The zero-order valence-corrected chi connectivity index (χ0v) is 9.46. The molecule has 88 valence electrons. The Kier molecular flexibility index (Phi) is 4.00. The third-order valence-corrected chi connectivity index (χ3v) is 2.73. The lowest BCUT2D eigenvalue weighted by Crippen LogP contribution is -2.13. The largest absolute Gasteiger partial charge is 0.489 e. The molecule has 0 radical (unpaired) electrons. The lowest BCUT2D eigenvalue weighted by atomic mass is 10.2. The van der Waals surface area contributed by atoms with Gasteiger partial charge in [0.25, 0.3) is 0 Å². The van der Waals surface area contributed by atoms with Crippen molar-refractivity contribution in [3.05, 3.63) is 29.6 Å². The lowest BCUT2D eigenvalue weighted by Gasteiger charge is -2.08. The van der Waals surface area contributed by atoms with E-state index in [-0.39, 0.29) is 23.7 Å². The molecule has 0 heterocycles. The van der Waals surface area contributed by atoms with Crippen LogP contribution in [0.3, 0.4) is 0 Å². The molecule has 0 aliphatic rings. The molecule has 16 heavy (non-hydrogen) atoms. The van der Waals surface area contributed by atoms with E-state index >= 15 is 0 Å². The molecule has 0 spiro atoms. The zero-order valence-electron chi connectivity index (χ0n) is 8.64. The minimum absolute atomic E-state index is 0.0634. The van der Waals surface area contributed by atoms with Crippen molar-refractivity contribution < 1.29 is 22.3 Å². The fraction of sp³-hybridized carbons (Fsp3) is 0.300. The molecule has 0 bridgehead atoms. The van der Waals surface area contributed by atoms with E-state index in [4.69, 9.17) is 4.74 Å². The maximum atomic E-state index is 13.2. The number of para-hydroxylation sites is 1. The first-order valence-corrected chi connectivity index (χ1v) is 6.54. The second-order valence-electron chi connectivity index (χ2n) is 3.25. The molecule has 0 fully saturated rings. The normalized spacial score (nSPS) is 11.1. The summed E-state index contributed by atoms with van der Waals surface area (Å²) >= 11 is 0. The van der Waals surface area contributed by atoms with E-state index in [1.807, 2.05) is 0 Å². The van der Waals surface area contributed by atoms with Crippen LogP contribution in [-0.2, 0) is 9.84 Å². The van der Waals surface area contributed by atoms with Gasteiger partial charge in [-0.25, -0.2) is 12.8 Å². The number of aldehydes is 1. The Balaban J connectivity index is 2.77. The molecule has 1 aromatic rings. The molecular formula is C10H11FO4S. The molecular weight excluding hydrogens is 235 g/mol. The van der Waals surface area contributed by atoms with E-state index in [0.29, 0.717) is 6.29 Å². The van der Waals surface area contributed by atoms with E-state index in [0.717, 1.165) is 12.3 Å². The average molecular weight is 246 g/mol. The fourth-order valence-corrected chi connectivity index (χ4v) is 1.45. The SMILES string of the molecule is CS(=O)(=O)CCOc1c(F)cccc1C=O. The van der Waals surface area contributed by atoms with Crippen molar-refractivity contribution in [3.8, 4) is 5.75 Å². The Morgan fingerprint density at radius 1 is 1.44 bits per heavy atom. The molecule has 0 aliphatic heterocycles. The molecule has 0 atom stereocenters. The first-order chi connectivity index (χ1) is 7.44. The number of carbonyl (C=O) groups is 1. The highest BCUT2D eigenvalue weighted by atomic mass is 32.2. The Hall–Kier alpha value is -1.43. The molecule has 0 saturated heterocycles. The molecule has 1 aromatic carbocycles. The van der Waals surface area contributed by atoms with Gasteiger partial charge in [-0.05, 0) is 12.1 Å². The van der Waals surface area contributed by atoms with E-state index < -0.39 is 15.7 Å². The van der Waals surface area contributed by atoms with Crippen LogP contribution < -0.4 is 4.74 Å². The van der Waals surface area contributed by atoms with Gasteiger partial charge >= 0.3 is 0 Å². The van der Waals surface area contributed by atoms with Crippen LogP contribution in [0.25, 0.3) is 0 Å². The van der Waals surface area contributed by atoms with Crippen LogP contribution in [0, 0.1) is 5.82 Å². The van der Waals surface area contributed by atoms with Crippen LogP contribution in [-0.4, -0.2) is 33.3 Å². The topological polar surface area (TPSA) is 60.4 Å². The van der Waals surface area contributed by atoms with Gasteiger partial charge in [-0.1, -0.05) is 6.07 Å². The predicted octanol–water partition coefficient (Wildman–Crippen LogP) is 1.06. The van der Waals surface area contributed by atoms with Crippen LogP contribution in [0.15, 0.2) is 18.2 Å². The first-order valence-electron chi connectivity index (χ1n) is 4.48. The number of halogens is 1. The third kappa shape index (κ3) is 3.62. The zero-order chi connectivity index (χ0) is 12.2. The summed E-state index contributed by atoms with van der Waals surface area (Å²) < 4.78 is 39.8. The molecule has 0 amide bonds. The van der Waals surface area contributed by atoms with Gasteiger partial charge in [0, 0.05) is 6.26 Å². The van der Waals surface area contributed by atoms with Gasteiger partial charge in [-0.2, -0.15) is 0 Å². The van der Waals surface area contributed by atoms with E-state index in [2.05, 4.69) is 0 Å². The summed E-state index contributed by atoms with van der Waals surface area (Å²) in [6.45, 7) is -0.180. The molecule has 0 unspecified atom stereocenters. The van der Waals surface area contributed by atoms with E-state index in [1.165, 1.54) is 12.1 Å².